The standard InChI is InChI=1S/C15H13N3O2/c1-10-7-14(13(9-17-10)15(19)20)18(2)12-5-3-11(8-16)4-6-12/h3-7,9H,1-2H3,(H,19,20). The first kappa shape index (κ1) is 13.6. The van der Waals surface area contributed by atoms with Crippen molar-refractivity contribution in [1.29, 1.82) is 5.26 Å². The Kier molecular flexibility index (Phi) is 3.67. The summed E-state index contributed by atoms with van der Waals surface area (Å²) in [4.78, 5) is 17.0. The van der Waals surface area contributed by atoms with Crippen molar-refractivity contribution in [2.45, 2.75) is 6.92 Å². The zero-order valence-electron chi connectivity index (χ0n) is 11.2. The van der Waals surface area contributed by atoms with E-state index in [1.165, 1.54) is 6.20 Å². The smallest absolute Gasteiger partial charge is 0.339 e. The van der Waals surface area contributed by atoms with Gasteiger partial charge in [-0.3, -0.25) is 4.98 Å². The van der Waals surface area contributed by atoms with Gasteiger partial charge in [0, 0.05) is 24.6 Å². The van der Waals surface area contributed by atoms with Gasteiger partial charge < -0.3 is 10.0 Å². The Balaban J connectivity index is 2.46. The SMILES string of the molecule is Cc1cc(N(C)c2ccc(C#N)cc2)c(C(=O)O)cn1. The summed E-state index contributed by atoms with van der Waals surface area (Å²) in [6.45, 7) is 1.81. The van der Waals surface area contributed by atoms with Crippen LogP contribution in [0.25, 0.3) is 0 Å². The van der Waals surface area contributed by atoms with E-state index in [0.717, 1.165) is 11.4 Å². The molecule has 5 heteroatoms. The summed E-state index contributed by atoms with van der Waals surface area (Å²) in [6.07, 6.45) is 1.35. The second kappa shape index (κ2) is 5.41. The van der Waals surface area contributed by atoms with Crippen LogP contribution in [0.5, 0.6) is 0 Å². The van der Waals surface area contributed by atoms with E-state index < -0.39 is 5.97 Å². The molecular weight excluding hydrogens is 254 g/mol. The van der Waals surface area contributed by atoms with Crippen molar-refractivity contribution in [2.75, 3.05) is 11.9 Å². The molecule has 2 rings (SSSR count). The van der Waals surface area contributed by atoms with Crippen molar-refractivity contribution in [2.24, 2.45) is 0 Å². The van der Waals surface area contributed by atoms with Crippen molar-refractivity contribution in [3.63, 3.8) is 0 Å². The van der Waals surface area contributed by atoms with E-state index in [2.05, 4.69) is 4.98 Å². The fourth-order valence-electron chi connectivity index (χ4n) is 1.89. The number of pyridine rings is 1. The molecule has 0 spiro atoms. The number of benzene rings is 1. The molecule has 100 valence electrons. The highest BCUT2D eigenvalue weighted by atomic mass is 16.4. The Morgan fingerprint density at radius 2 is 2.00 bits per heavy atom. The van der Waals surface area contributed by atoms with Crippen molar-refractivity contribution < 1.29 is 9.90 Å². The number of aromatic nitrogens is 1. The molecule has 20 heavy (non-hydrogen) atoms. The van der Waals surface area contributed by atoms with Crippen LogP contribution in [0.15, 0.2) is 36.5 Å². The van der Waals surface area contributed by atoms with Gasteiger partial charge in [-0.1, -0.05) is 0 Å². The number of hydrogen-bond donors (Lipinski definition) is 1. The van der Waals surface area contributed by atoms with Gasteiger partial charge in [0.2, 0.25) is 0 Å². The minimum atomic E-state index is -1.02. The molecule has 1 aromatic heterocycles. The monoisotopic (exact) mass is 267 g/mol. The van der Waals surface area contributed by atoms with Gasteiger partial charge in [-0.05, 0) is 37.3 Å². The number of carboxylic acids is 1. The fourth-order valence-corrected chi connectivity index (χ4v) is 1.89. The Labute approximate surface area is 116 Å². The van der Waals surface area contributed by atoms with E-state index in [0.29, 0.717) is 11.3 Å². The summed E-state index contributed by atoms with van der Waals surface area (Å²) in [6, 6.07) is 10.7. The maximum absolute atomic E-state index is 11.3. The van der Waals surface area contributed by atoms with Gasteiger partial charge in [0.15, 0.2) is 0 Å². The van der Waals surface area contributed by atoms with Gasteiger partial charge >= 0.3 is 5.97 Å². The van der Waals surface area contributed by atoms with E-state index >= 15 is 0 Å². The second-order valence-corrected chi connectivity index (χ2v) is 4.37. The molecule has 0 fully saturated rings. The molecule has 0 radical (unpaired) electrons. The quantitative estimate of drug-likeness (QED) is 0.925. The molecule has 1 aromatic carbocycles. The lowest BCUT2D eigenvalue weighted by Gasteiger charge is -2.21. The predicted octanol–water partition coefficient (Wildman–Crippen LogP) is 2.73. The summed E-state index contributed by atoms with van der Waals surface area (Å²) in [5, 5.41) is 18.0. The second-order valence-electron chi connectivity index (χ2n) is 4.37. The molecule has 5 nitrogen and oxygen atoms in total. The van der Waals surface area contributed by atoms with Crippen molar-refractivity contribution in [3.05, 3.63) is 53.3 Å². The van der Waals surface area contributed by atoms with Gasteiger partial charge in [-0.15, -0.1) is 0 Å². The fraction of sp³-hybridized carbons (Fsp3) is 0.133. The lowest BCUT2D eigenvalue weighted by atomic mass is 10.1. The topological polar surface area (TPSA) is 77.2 Å². The third-order valence-corrected chi connectivity index (χ3v) is 2.99. The minimum absolute atomic E-state index is 0.141. The van der Waals surface area contributed by atoms with Gasteiger partial charge in [0.05, 0.1) is 17.3 Å². The maximum atomic E-state index is 11.3. The molecule has 1 N–H and O–H groups in total. The highest BCUT2D eigenvalue weighted by Crippen LogP contribution is 2.27. The molecule has 0 unspecified atom stereocenters. The summed E-state index contributed by atoms with van der Waals surface area (Å²) in [5.74, 6) is -1.02. The summed E-state index contributed by atoms with van der Waals surface area (Å²) in [7, 11) is 1.78. The number of anilines is 2. The minimum Gasteiger partial charge on any atom is -0.478 e. The van der Waals surface area contributed by atoms with E-state index in [4.69, 9.17) is 5.26 Å². The van der Waals surface area contributed by atoms with E-state index in [1.807, 2.05) is 13.0 Å². The van der Waals surface area contributed by atoms with Crippen molar-refractivity contribution in [1.82, 2.24) is 4.98 Å². The van der Waals surface area contributed by atoms with Crippen LogP contribution >= 0.6 is 0 Å². The molecule has 0 saturated heterocycles. The average Bonchev–Trinajstić information content (AvgIpc) is 2.46. The number of nitriles is 1. The first-order valence-electron chi connectivity index (χ1n) is 5.96. The molecule has 2 aromatic rings. The number of carboxylic acid groups (broad SMARTS) is 1. The Hall–Kier alpha value is -2.87. The van der Waals surface area contributed by atoms with Gasteiger partial charge in [0.25, 0.3) is 0 Å². The number of carbonyl (C=O) groups is 1. The Morgan fingerprint density at radius 1 is 1.35 bits per heavy atom. The van der Waals surface area contributed by atoms with Gasteiger partial charge in [-0.2, -0.15) is 5.26 Å². The molecule has 0 bridgehead atoms. The van der Waals surface area contributed by atoms with Crippen LogP contribution < -0.4 is 4.90 Å². The number of aryl methyl sites for hydroxylation is 1. The normalized spacial score (nSPS) is 9.85. The molecule has 0 aliphatic carbocycles. The van der Waals surface area contributed by atoms with Crippen LogP contribution in [0.2, 0.25) is 0 Å². The lowest BCUT2D eigenvalue weighted by molar-refractivity contribution is 0.0697. The summed E-state index contributed by atoms with van der Waals surface area (Å²) >= 11 is 0. The van der Waals surface area contributed by atoms with Crippen LogP contribution in [0.4, 0.5) is 11.4 Å². The van der Waals surface area contributed by atoms with Crippen LogP contribution in [-0.2, 0) is 0 Å². The molecule has 0 aliphatic rings. The molecule has 0 atom stereocenters. The summed E-state index contributed by atoms with van der Waals surface area (Å²) < 4.78 is 0. The first-order chi connectivity index (χ1) is 9.52. The van der Waals surface area contributed by atoms with E-state index in [9.17, 15) is 9.90 Å². The third-order valence-electron chi connectivity index (χ3n) is 2.99. The van der Waals surface area contributed by atoms with Gasteiger partial charge in [0.1, 0.15) is 5.56 Å². The van der Waals surface area contributed by atoms with Crippen molar-refractivity contribution in [3.8, 4) is 6.07 Å². The van der Waals surface area contributed by atoms with E-state index in [1.54, 1.807) is 42.3 Å². The zero-order chi connectivity index (χ0) is 14.7. The van der Waals surface area contributed by atoms with Crippen LogP contribution in [0.3, 0.4) is 0 Å². The van der Waals surface area contributed by atoms with Crippen LogP contribution in [0, 0.1) is 18.3 Å². The Bertz CT molecular complexity index is 687. The van der Waals surface area contributed by atoms with Crippen LogP contribution in [0.1, 0.15) is 21.6 Å². The molecular formula is C15H13N3O2. The zero-order valence-corrected chi connectivity index (χ0v) is 11.2. The van der Waals surface area contributed by atoms with Gasteiger partial charge in [-0.25, -0.2) is 4.79 Å². The number of nitrogens with zero attached hydrogens (tertiary/aromatic N) is 3. The molecule has 1 heterocycles. The number of aromatic carboxylic acids is 1. The third kappa shape index (κ3) is 2.59. The Morgan fingerprint density at radius 3 is 2.55 bits per heavy atom. The molecule has 0 aliphatic heterocycles. The number of hydrogen-bond acceptors (Lipinski definition) is 4. The van der Waals surface area contributed by atoms with Crippen molar-refractivity contribution >= 4 is 17.3 Å². The largest absolute Gasteiger partial charge is 0.478 e. The van der Waals surface area contributed by atoms with Crippen LogP contribution in [-0.4, -0.2) is 23.1 Å². The average molecular weight is 267 g/mol. The highest BCUT2D eigenvalue weighted by molar-refractivity contribution is 5.95. The lowest BCUT2D eigenvalue weighted by Crippen LogP contribution is -2.14. The summed E-state index contributed by atoms with van der Waals surface area (Å²) in [5.41, 5.74) is 2.81. The maximum Gasteiger partial charge on any atom is 0.339 e. The highest BCUT2D eigenvalue weighted by Gasteiger charge is 2.15. The predicted molar refractivity (Wildman–Crippen MR) is 75.2 cm³/mol. The first-order valence-corrected chi connectivity index (χ1v) is 5.96. The van der Waals surface area contributed by atoms with E-state index in [-0.39, 0.29) is 5.56 Å². The number of rotatable bonds is 3. The molecule has 0 amide bonds. The molecule has 0 saturated carbocycles.